The first-order valence-corrected chi connectivity index (χ1v) is 17.9. The van der Waals surface area contributed by atoms with Crippen LogP contribution in [0.25, 0.3) is 0 Å². The standard InChI is InChI=1S/C38H42FN3O5S/c1-2-47-34-22-24-35(25-23-34)48(45,46)42(33-16-10-5-11-17-33)28-37(43)41(27-30-18-20-31(39)21-19-30)36(26-29-12-6-3-7-13-29)38(44)40-32-14-8-4-9-15-32/h3,5-7,10-13,16-25,32,36H,2,4,8-9,14-15,26-28H2,1H3,(H,40,44)/t36-/m0/s1. The monoisotopic (exact) mass is 671 g/mol. The average molecular weight is 672 g/mol. The molecule has 1 atom stereocenters. The van der Waals surface area contributed by atoms with Gasteiger partial charge in [0.2, 0.25) is 11.8 Å². The van der Waals surface area contributed by atoms with Gasteiger partial charge in [0.15, 0.2) is 0 Å². The van der Waals surface area contributed by atoms with Gasteiger partial charge in [-0.05, 0) is 79.4 Å². The number of benzene rings is 4. The number of hydrogen-bond acceptors (Lipinski definition) is 5. The third kappa shape index (κ3) is 9.01. The highest BCUT2D eigenvalue weighted by Crippen LogP contribution is 2.27. The van der Waals surface area contributed by atoms with Crippen LogP contribution in [-0.2, 0) is 32.6 Å². The first-order chi connectivity index (χ1) is 23.2. The van der Waals surface area contributed by atoms with E-state index < -0.39 is 34.3 Å². The Bertz CT molecular complexity index is 1730. The first-order valence-electron chi connectivity index (χ1n) is 16.4. The lowest BCUT2D eigenvalue weighted by molar-refractivity contribution is -0.140. The third-order valence-electron chi connectivity index (χ3n) is 8.53. The van der Waals surface area contributed by atoms with Crippen LogP contribution < -0.4 is 14.4 Å². The molecular weight excluding hydrogens is 629 g/mol. The molecule has 1 fully saturated rings. The van der Waals surface area contributed by atoms with Crippen molar-refractivity contribution in [3.63, 3.8) is 0 Å². The van der Waals surface area contributed by atoms with E-state index in [4.69, 9.17) is 4.74 Å². The van der Waals surface area contributed by atoms with E-state index in [-0.39, 0.29) is 29.8 Å². The zero-order valence-electron chi connectivity index (χ0n) is 27.1. The Hall–Kier alpha value is -4.70. The maximum absolute atomic E-state index is 14.6. The molecule has 1 N–H and O–H groups in total. The molecule has 0 saturated heterocycles. The summed E-state index contributed by atoms with van der Waals surface area (Å²) < 4.78 is 48.9. The van der Waals surface area contributed by atoms with Crippen LogP contribution in [0, 0.1) is 5.82 Å². The molecule has 252 valence electrons. The molecule has 10 heteroatoms. The average Bonchev–Trinajstić information content (AvgIpc) is 3.11. The van der Waals surface area contributed by atoms with Crippen LogP contribution in [0.5, 0.6) is 5.75 Å². The normalized spacial score (nSPS) is 14.1. The molecule has 5 rings (SSSR count). The maximum atomic E-state index is 14.6. The fourth-order valence-electron chi connectivity index (χ4n) is 6.01. The molecule has 4 aromatic rings. The van der Waals surface area contributed by atoms with Crippen molar-refractivity contribution in [1.82, 2.24) is 10.2 Å². The van der Waals surface area contributed by atoms with Crippen LogP contribution in [0.2, 0.25) is 0 Å². The number of nitrogens with one attached hydrogen (secondary N) is 1. The Balaban J connectivity index is 1.53. The summed E-state index contributed by atoms with van der Waals surface area (Å²) in [6.45, 7) is 1.67. The molecule has 2 amide bonds. The fourth-order valence-corrected chi connectivity index (χ4v) is 7.42. The summed E-state index contributed by atoms with van der Waals surface area (Å²) in [5, 5.41) is 3.19. The lowest BCUT2D eigenvalue weighted by Crippen LogP contribution is -2.55. The van der Waals surface area contributed by atoms with Gasteiger partial charge >= 0.3 is 0 Å². The van der Waals surface area contributed by atoms with Crippen LogP contribution >= 0.6 is 0 Å². The van der Waals surface area contributed by atoms with Crippen LogP contribution in [0.3, 0.4) is 0 Å². The summed E-state index contributed by atoms with van der Waals surface area (Å²) in [4.78, 5) is 30.2. The van der Waals surface area contributed by atoms with Gasteiger partial charge in [-0.15, -0.1) is 0 Å². The minimum atomic E-state index is -4.24. The second kappa shape index (κ2) is 16.4. The number of sulfonamides is 1. The van der Waals surface area contributed by atoms with Crippen molar-refractivity contribution >= 4 is 27.5 Å². The number of hydrogen-bond donors (Lipinski definition) is 1. The molecule has 4 aromatic carbocycles. The molecule has 0 radical (unpaired) electrons. The number of anilines is 1. The summed E-state index contributed by atoms with van der Waals surface area (Å²) in [7, 11) is -4.24. The number of nitrogens with zero attached hydrogens (tertiary/aromatic N) is 2. The number of ether oxygens (including phenoxy) is 1. The van der Waals surface area contributed by atoms with Crippen molar-refractivity contribution in [2.45, 2.75) is 69.0 Å². The third-order valence-corrected chi connectivity index (χ3v) is 10.3. The predicted octanol–water partition coefficient (Wildman–Crippen LogP) is 6.51. The molecule has 0 aliphatic heterocycles. The summed E-state index contributed by atoms with van der Waals surface area (Å²) in [6, 6.07) is 28.7. The number of para-hydroxylation sites is 1. The van der Waals surface area contributed by atoms with Crippen molar-refractivity contribution in [2.75, 3.05) is 17.5 Å². The first kappa shape index (κ1) is 34.6. The quantitative estimate of drug-likeness (QED) is 0.165. The molecule has 0 spiro atoms. The highest BCUT2D eigenvalue weighted by molar-refractivity contribution is 7.92. The van der Waals surface area contributed by atoms with E-state index in [9.17, 15) is 22.4 Å². The minimum Gasteiger partial charge on any atom is -0.494 e. The number of amides is 2. The van der Waals surface area contributed by atoms with E-state index in [1.165, 1.54) is 29.2 Å². The van der Waals surface area contributed by atoms with E-state index in [2.05, 4.69) is 5.32 Å². The molecule has 0 aromatic heterocycles. The minimum absolute atomic E-state index is 0.00634. The number of rotatable bonds is 14. The van der Waals surface area contributed by atoms with E-state index in [0.29, 0.717) is 23.6 Å². The Morgan fingerprint density at radius 1 is 0.833 bits per heavy atom. The van der Waals surface area contributed by atoms with Gasteiger partial charge in [-0.1, -0.05) is 79.9 Å². The lowest BCUT2D eigenvalue weighted by Gasteiger charge is -2.35. The molecule has 0 unspecified atom stereocenters. The molecule has 8 nitrogen and oxygen atoms in total. The predicted molar refractivity (Wildman–Crippen MR) is 184 cm³/mol. The van der Waals surface area contributed by atoms with Crippen molar-refractivity contribution in [1.29, 1.82) is 0 Å². The van der Waals surface area contributed by atoms with E-state index >= 15 is 0 Å². The van der Waals surface area contributed by atoms with Gasteiger partial charge in [0, 0.05) is 19.0 Å². The smallest absolute Gasteiger partial charge is 0.264 e. The van der Waals surface area contributed by atoms with Gasteiger partial charge in [0.25, 0.3) is 10.0 Å². The molecule has 1 saturated carbocycles. The summed E-state index contributed by atoms with van der Waals surface area (Å²) in [6.07, 6.45) is 5.08. The molecular formula is C38H42FN3O5S. The molecule has 48 heavy (non-hydrogen) atoms. The zero-order valence-corrected chi connectivity index (χ0v) is 27.9. The topological polar surface area (TPSA) is 96.0 Å². The Kier molecular flexibility index (Phi) is 11.8. The largest absolute Gasteiger partial charge is 0.494 e. The van der Waals surface area contributed by atoms with Crippen LogP contribution in [0.4, 0.5) is 10.1 Å². The Morgan fingerprint density at radius 2 is 1.46 bits per heavy atom. The summed E-state index contributed by atoms with van der Waals surface area (Å²) in [5.74, 6) is -0.777. The Labute approximate surface area is 282 Å². The number of halogens is 1. The number of carbonyl (C=O) groups excluding carboxylic acids is 2. The zero-order chi connectivity index (χ0) is 33.9. The van der Waals surface area contributed by atoms with Crippen LogP contribution in [0.1, 0.15) is 50.2 Å². The summed E-state index contributed by atoms with van der Waals surface area (Å²) in [5.41, 5.74) is 1.75. The van der Waals surface area contributed by atoms with Gasteiger partial charge in [-0.3, -0.25) is 13.9 Å². The lowest BCUT2D eigenvalue weighted by atomic mass is 9.94. The van der Waals surface area contributed by atoms with Gasteiger partial charge < -0.3 is 15.0 Å². The van der Waals surface area contributed by atoms with E-state index in [1.807, 2.05) is 37.3 Å². The van der Waals surface area contributed by atoms with Crippen molar-refractivity contribution in [2.24, 2.45) is 0 Å². The van der Waals surface area contributed by atoms with Crippen LogP contribution in [-0.4, -0.2) is 50.4 Å². The number of carbonyl (C=O) groups is 2. The molecule has 1 aliphatic rings. The van der Waals surface area contributed by atoms with Gasteiger partial charge in [-0.25, -0.2) is 12.8 Å². The molecule has 1 aliphatic carbocycles. The van der Waals surface area contributed by atoms with Crippen LogP contribution in [0.15, 0.2) is 114 Å². The molecule has 0 bridgehead atoms. The molecule has 0 heterocycles. The van der Waals surface area contributed by atoms with Gasteiger partial charge in [0.05, 0.1) is 17.2 Å². The Morgan fingerprint density at radius 3 is 2.08 bits per heavy atom. The summed E-state index contributed by atoms with van der Waals surface area (Å²) >= 11 is 0. The van der Waals surface area contributed by atoms with E-state index in [1.54, 1.807) is 54.6 Å². The van der Waals surface area contributed by atoms with E-state index in [0.717, 1.165) is 42.0 Å². The van der Waals surface area contributed by atoms with Crippen molar-refractivity contribution in [3.8, 4) is 5.75 Å². The van der Waals surface area contributed by atoms with Gasteiger partial charge in [0.1, 0.15) is 24.2 Å². The highest BCUT2D eigenvalue weighted by Gasteiger charge is 2.35. The second-order valence-electron chi connectivity index (χ2n) is 11.9. The van der Waals surface area contributed by atoms with Crippen molar-refractivity contribution < 1.29 is 27.1 Å². The van der Waals surface area contributed by atoms with Gasteiger partial charge in [-0.2, -0.15) is 0 Å². The second-order valence-corrected chi connectivity index (χ2v) is 13.8. The maximum Gasteiger partial charge on any atom is 0.264 e. The van der Waals surface area contributed by atoms with Crippen molar-refractivity contribution in [3.05, 3.63) is 126 Å². The SMILES string of the molecule is CCOc1ccc(S(=O)(=O)N(CC(=O)N(Cc2ccc(F)cc2)[C@@H](Cc2ccccc2)C(=O)NC2CCCCC2)c2ccccc2)cc1. The highest BCUT2D eigenvalue weighted by atomic mass is 32.2. The fraction of sp³-hybridized carbons (Fsp3) is 0.316.